The zero-order chi connectivity index (χ0) is 20.2. The van der Waals surface area contributed by atoms with Gasteiger partial charge in [0, 0.05) is 31.4 Å². The lowest BCUT2D eigenvalue weighted by Crippen LogP contribution is -2.32. The van der Waals surface area contributed by atoms with Gasteiger partial charge in [-0.25, -0.2) is 0 Å². The van der Waals surface area contributed by atoms with E-state index in [1.54, 1.807) is 4.68 Å². The second-order valence-electron chi connectivity index (χ2n) is 7.26. The van der Waals surface area contributed by atoms with E-state index in [4.69, 9.17) is 9.47 Å². The van der Waals surface area contributed by atoms with Crippen LogP contribution in [0.1, 0.15) is 33.7 Å². The predicted molar refractivity (Wildman–Crippen MR) is 110 cm³/mol. The fourth-order valence-corrected chi connectivity index (χ4v) is 3.52. The Balaban J connectivity index is 1.53. The van der Waals surface area contributed by atoms with Gasteiger partial charge in [0.05, 0.1) is 0 Å². The van der Waals surface area contributed by atoms with Gasteiger partial charge in [-0.05, 0) is 37.5 Å². The van der Waals surface area contributed by atoms with Gasteiger partial charge in [-0.1, -0.05) is 42.5 Å². The highest BCUT2D eigenvalue weighted by Crippen LogP contribution is 2.36. The van der Waals surface area contributed by atoms with Crippen LogP contribution in [-0.4, -0.2) is 33.9 Å². The number of carbonyl (C=O) groups is 1. The van der Waals surface area contributed by atoms with Crippen LogP contribution in [0.4, 0.5) is 0 Å². The first-order valence-electron chi connectivity index (χ1n) is 9.83. The molecule has 1 amide bonds. The number of rotatable bonds is 7. The Hall–Kier alpha value is -3.28. The second kappa shape index (κ2) is 8.39. The molecule has 0 saturated carbocycles. The summed E-state index contributed by atoms with van der Waals surface area (Å²) >= 11 is 0. The van der Waals surface area contributed by atoms with Crippen LogP contribution < -0.4 is 9.47 Å². The zero-order valence-electron chi connectivity index (χ0n) is 16.8. The number of fused-ring (bicyclic) bond motifs is 1. The van der Waals surface area contributed by atoms with Crippen LogP contribution in [0.25, 0.3) is 0 Å². The van der Waals surface area contributed by atoms with Gasteiger partial charge in [0.15, 0.2) is 17.2 Å². The fraction of sp³-hybridized carbons (Fsp3) is 0.304. The standard InChI is InChI=1S/C23H25N3O3/c1-17-14-20(24-25(17)2)23(27)26(13-7-10-18-8-4-3-5-9-18)15-19-11-6-12-21-22(19)29-16-28-21/h3-6,8-9,11-12,14H,7,10,13,15-16H2,1-2H3. The molecule has 0 saturated heterocycles. The molecular formula is C23H25N3O3. The van der Waals surface area contributed by atoms with E-state index in [1.165, 1.54) is 5.56 Å². The molecule has 2 heterocycles. The van der Waals surface area contributed by atoms with Crippen molar-refractivity contribution in [2.45, 2.75) is 26.3 Å². The van der Waals surface area contributed by atoms with E-state index in [9.17, 15) is 4.79 Å². The van der Waals surface area contributed by atoms with E-state index in [0.29, 0.717) is 18.8 Å². The van der Waals surface area contributed by atoms with E-state index in [-0.39, 0.29) is 12.7 Å². The molecule has 1 aliphatic heterocycles. The zero-order valence-corrected chi connectivity index (χ0v) is 16.8. The van der Waals surface area contributed by atoms with Crippen molar-refractivity contribution in [3.05, 3.63) is 77.1 Å². The quantitative estimate of drug-likeness (QED) is 0.616. The van der Waals surface area contributed by atoms with Crippen LogP contribution in [0.2, 0.25) is 0 Å². The van der Waals surface area contributed by atoms with Crippen molar-refractivity contribution in [2.75, 3.05) is 13.3 Å². The number of ether oxygens (including phenoxy) is 2. The number of para-hydroxylation sites is 1. The topological polar surface area (TPSA) is 56.6 Å². The molecule has 1 aromatic heterocycles. The molecule has 0 atom stereocenters. The number of aryl methyl sites for hydroxylation is 3. The maximum atomic E-state index is 13.2. The highest BCUT2D eigenvalue weighted by molar-refractivity contribution is 5.92. The number of aromatic nitrogens is 2. The van der Waals surface area contributed by atoms with Gasteiger partial charge in [0.1, 0.15) is 0 Å². The van der Waals surface area contributed by atoms with Crippen LogP contribution in [0.5, 0.6) is 11.5 Å². The first-order valence-corrected chi connectivity index (χ1v) is 9.83. The molecule has 1 aliphatic rings. The van der Waals surface area contributed by atoms with E-state index < -0.39 is 0 Å². The average Bonchev–Trinajstić information content (AvgIpc) is 3.34. The van der Waals surface area contributed by atoms with Crippen LogP contribution >= 0.6 is 0 Å². The maximum Gasteiger partial charge on any atom is 0.274 e. The lowest BCUT2D eigenvalue weighted by Gasteiger charge is -2.22. The molecule has 0 spiro atoms. The summed E-state index contributed by atoms with van der Waals surface area (Å²) in [6.07, 6.45) is 1.78. The van der Waals surface area contributed by atoms with Crippen LogP contribution in [0, 0.1) is 6.92 Å². The molecule has 0 unspecified atom stereocenters. The van der Waals surface area contributed by atoms with E-state index >= 15 is 0 Å². The summed E-state index contributed by atoms with van der Waals surface area (Å²) in [4.78, 5) is 15.1. The van der Waals surface area contributed by atoms with E-state index in [0.717, 1.165) is 35.6 Å². The molecule has 0 radical (unpaired) electrons. The summed E-state index contributed by atoms with van der Waals surface area (Å²) in [5.74, 6) is 1.39. The van der Waals surface area contributed by atoms with Crippen molar-refractivity contribution in [3.63, 3.8) is 0 Å². The van der Waals surface area contributed by atoms with Gasteiger partial charge >= 0.3 is 0 Å². The van der Waals surface area contributed by atoms with Crippen molar-refractivity contribution >= 4 is 5.91 Å². The van der Waals surface area contributed by atoms with Gasteiger partial charge < -0.3 is 14.4 Å². The van der Waals surface area contributed by atoms with Crippen LogP contribution in [-0.2, 0) is 20.0 Å². The lowest BCUT2D eigenvalue weighted by atomic mass is 10.1. The van der Waals surface area contributed by atoms with Gasteiger partial charge in [0.2, 0.25) is 6.79 Å². The Morgan fingerprint density at radius 1 is 1.14 bits per heavy atom. The van der Waals surface area contributed by atoms with Gasteiger partial charge in [-0.15, -0.1) is 0 Å². The van der Waals surface area contributed by atoms with Crippen molar-refractivity contribution in [1.82, 2.24) is 14.7 Å². The molecule has 6 heteroatoms. The summed E-state index contributed by atoms with van der Waals surface area (Å²) < 4.78 is 12.8. The normalized spacial score (nSPS) is 12.2. The van der Waals surface area contributed by atoms with Crippen LogP contribution in [0.3, 0.4) is 0 Å². The monoisotopic (exact) mass is 391 g/mol. The minimum Gasteiger partial charge on any atom is -0.454 e. The van der Waals surface area contributed by atoms with Gasteiger partial charge in [0.25, 0.3) is 5.91 Å². The third kappa shape index (κ3) is 4.26. The van der Waals surface area contributed by atoms with E-state index in [2.05, 4.69) is 17.2 Å². The molecule has 0 bridgehead atoms. The first kappa shape index (κ1) is 19.1. The highest BCUT2D eigenvalue weighted by atomic mass is 16.7. The van der Waals surface area contributed by atoms with E-state index in [1.807, 2.05) is 61.3 Å². The number of hydrogen-bond donors (Lipinski definition) is 0. The first-order chi connectivity index (χ1) is 14.1. The Labute approximate surface area is 170 Å². The summed E-state index contributed by atoms with van der Waals surface area (Å²) in [5, 5.41) is 4.38. The third-order valence-electron chi connectivity index (χ3n) is 5.20. The molecule has 4 rings (SSSR count). The number of amides is 1. The lowest BCUT2D eigenvalue weighted by molar-refractivity contribution is 0.0733. The fourth-order valence-electron chi connectivity index (χ4n) is 3.52. The van der Waals surface area contributed by atoms with Crippen molar-refractivity contribution < 1.29 is 14.3 Å². The SMILES string of the molecule is Cc1cc(C(=O)N(CCCc2ccccc2)Cc2cccc3c2OCO3)nn1C. The Kier molecular flexibility index (Phi) is 5.51. The number of carbonyl (C=O) groups excluding carboxylic acids is 1. The molecule has 0 fully saturated rings. The minimum atomic E-state index is -0.0710. The molecule has 3 aromatic rings. The minimum absolute atomic E-state index is 0.0710. The molecule has 6 nitrogen and oxygen atoms in total. The Morgan fingerprint density at radius 2 is 1.97 bits per heavy atom. The van der Waals surface area contributed by atoms with Gasteiger partial charge in [-0.3, -0.25) is 9.48 Å². The summed E-state index contributed by atoms with van der Waals surface area (Å²) in [6, 6.07) is 18.0. The Bertz CT molecular complexity index is 978. The predicted octanol–water partition coefficient (Wildman–Crippen LogP) is 3.73. The molecule has 150 valence electrons. The molecule has 29 heavy (non-hydrogen) atoms. The van der Waals surface area contributed by atoms with Gasteiger partial charge in [-0.2, -0.15) is 5.10 Å². The van der Waals surface area contributed by atoms with Crippen molar-refractivity contribution in [3.8, 4) is 11.5 Å². The number of benzene rings is 2. The molecular weight excluding hydrogens is 366 g/mol. The number of hydrogen-bond acceptors (Lipinski definition) is 4. The van der Waals surface area contributed by atoms with Crippen LogP contribution in [0.15, 0.2) is 54.6 Å². The average molecular weight is 391 g/mol. The third-order valence-corrected chi connectivity index (χ3v) is 5.20. The molecule has 0 aliphatic carbocycles. The molecule has 2 aromatic carbocycles. The summed E-state index contributed by atoms with van der Waals surface area (Å²) in [6.45, 7) is 3.25. The van der Waals surface area contributed by atoms with Crippen molar-refractivity contribution in [1.29, 1.82) is 0 Å². The number of nitrogens with zero attached hydrogens (tertiary/aromatic N) is 3. The Morgan fingerprint density at radius 3 is 2.72 bits per heavy atom. The largest absolute Gasteiger partial charge is 0.454 e. The second-order valence-corrected chi connectivity index (χ2v) is 7.26. The maximum absolute atomic E-state index is 13.2. The van der Waals surface area contributed by atoms with Crippen molar-refractivity contribution in [2.24, 2.45) is 7.05 Å². The smallest absolute Gasteiger partial charge is 0.274 e. The summed E-state index contributed by atoms with van der Waals surface area (Å²) in [7, 11) is 1.85. The highest BCUT2D eigenvalue weighted by Gasteiger charge is 2.23. The molecule has 0 N–H and O–H groups in total. The summed E-state index contributed by atoms with van der Waals surface area (Å²) in [5.41, 5.74) is 3.64.